The van der Waals surface area contributed by atoms with Gasteiger partial charge >= 0.3 is 5.97 Å². The summed E-state index contributed by atoms with van der Waals surface area (Å²) in [4.78, 5) is 23.7. The Morgan fingerprint density at radius 3 is 2.40 bits per heavy atom. The molecule has 0 saturated heterocycles. The number of esters is 1. The number of ether oxygens (including phenoxy) is 3. The topological polar surface area (TPSA) is 94.1 Å². The lowest BCUT2D eigenvalue weighted by atomic mass is 10.1. The molecule has 2 aromatic carbocycles. The summed E-state index contributed by atoms with van der Waals surface area (Å²) in [7, 11) is 3.00. The van der Waals surface area contributed by atoms with E-state index < -0.39 is 18.5 Å². The number of methoxy groups -OCH3 is 2. The maximum absolute atomic E-state index is 11.9. The highest BCUT2D eigenvalue weighted by atomic mass is 16.5. The van der Waals surface area contributed by atoms with Crippen molar-refractivity contribution in [3.05, 3.63) is 48.0 Å². The number of rotatable bonds is 7. The van der Waals surface area contributed by atoms with Crippen LogP contribution >= 0.6 is 0 Å². The van der Waals surface area contributed by atoms with Gasteiger partial charge in [0.05, 0.1) is 26.3 Å². The first kappa shape index (κ1) is 18.1. The van der Waals surface area contributed by atoms with Gasteiger partial charge < -0.3 is 24.6 Å². The van der Waals surface area contributed by atoms with E-state index in [9.17, 15) is 14.7 Å². The van der Waals surface area contributed by atoms with Crippen molar-refractivity contribution in [2.24, 2.45) is 0 Å². The molecule has 0 spiro atoms. The Labute approximate surface area is 145 Å². The maximum Gasteiger partial charge on any atom is 0.310 e. The highest BCUT2D eigenvalue weighted by molar-refractivity contribution is 5.94. The number of nitrogens with one attached hydrogen (secondary N) is 1. The van der Waals surface area contributed by atoms with Gasteiger partial charge in [0.15, 0.2) is 6.61 Å². The Kier molecular flexibility index (Phi) is 6.22. The van der Waals surface area contributed by atoms with Crippen molar-refractivity contribution in [2.75, 3.05) is 26.1 Å². The summed E-state index contributed by atoms with van der Waals surface area (Å²) in [6, 6.07) is 11.1. The maximum atomic E-state index is 11.9. The fraction of sp³-hybridized carbons (Fsp3) is 0.222. The van der Waals surface area contributed by atoms with E-state index in [-0.39, 0.29) is 12.2 Å². The van der Waals surface area contributed by atoms with Gasteiger partial charge in [-0.25, -0.2) is 0 Å². The van der Waals surface area contributed by atoms with Crippen molar-refractivity contribution in [1.29, 1.82) is 0 Å². The van der Waals surface area contributed by atoms with Gasteiger partial charge in [-0.3, -0.25) is 9.59 Å². The fourth-order valence-corrected chi connectivity index (χ4v) is 2.07. The molecule has 0 fully saturated rings. The molecule has 0 saturated carbocycles. The predicted molar refractivity (Wildman–Crippen MR) is 90.9 cm³/mol. The van der Waals surface area contributed by atoms with Crippen molar-refractivity contribution in [3.63, 3.8) is 0 Å². The molecule has 2 aromatic rings. The third kappa shape index (κ3) is 5.42. The summed E-state index contributed by atoms with van der Waals surface area (Å²) in [6.07, 6.45) is 0.0133. The molecule has 7 heteroatoms. The molecule has 0 radical (unpaired) electrons. The van der Waals surface area contributed by atoms with Gasteiger partial charge in [-0.05, 0) is 29.8 Å². The van der Waals surface area contributed by atoms with Crippen molar-refractivity contribution in [1.82, 2.24) is 0 Å². The van der Waals surface area contributed by atoms with Gasteiger partial charge in [0.1, 0.15) is 17.2 Å². The predicted octanol–water partition coefficient (Wildman–Crippen LogP) is 2.13. The Morgan fingerprint density at radius 2 is 1.76 bits per heavy atom. The highest BCUT2D eigenvalue weighted by Crippen LogP contribution is 2.28. The molecule has 0 aliphatic heterocycles. The number of benzene rings is 2. The second kappa shape index (κ2) is 8.58. The van der Waals surface area contributed by atoms with Crippen LogP contribution in [0.3, 0.4) is 0 Å². The van der Waals surface area contributed by atoms with Crippen molar-refractivity contribution >= 4 is 17.6 Å². The molecule has 7 nitrogen and oxygen atoms in total. The van der Waals surface area contributed by atoms with E-state index in [1.54, 1.807) is 30.3 Å². The van der Waals surface area contributed by atoms with Gasteiger partial charge in [0, 0.05) is 6.07 Å². The van der Waals surface area contributed by atoms with Crippen LogP contribution in [-0.2, 0) is 20.7 Å². The molecule has 0 aliphatic carbocycles. The number of aromatic hydroxyl groups is 1. The average Bonchev–Trinajstić information content (AvgIpc) is 2.62. The van der Waals surface area contributed by atoms with Gasteiger partial charge in [-0.15, -0.1) is 0 Å². The molecule has 132 valence electrons. The molecular formula is C18H19NO6. The van der Waals surface area contributed by atoms with E-state index in [2.05, 4.69) is 5.32 Å². The summed E-state index contributed by atoms with van der Waals surface area (Å²) in [6.45, 7) is -0.411. The number of carbonyl (C=O) groups is 2. The number of anilines is 1. The highest BCUT2D eigenvalue weighted by Gasteiger charge is 2.12. The molecule has 25 heavy (non-hydrogen) atoms. The van der Waals surface area contributed by atoms with Crippen LogP contribution < -0.4 is 14.8 Å². The standard InChI is InChI=1S/C18H19NO6/c1-23-14-7-8-15(16(10-14)24-2)19-17(21)11-25-18(22)9-12-3-5-13(20)6-4-12/h3-8,10,20H,9,11H2,1-2H3,(H,19,21). The minimum Gasteiger partial charge on any atom is -0.508 e. The summed E-state index contributed by atoms with van der Waals surface area (Å²) in [5.74, 6) is 0.119. The van der Waals surface area contributed by atoms with Crippen molar-refractivity contribution in [2.45, 2.75) is 6.42 Å². The molecule has 0 heterocycles. The number of hydrogen-bond donors (Lipinski definition) is 2. The van der Waals surface area contributed by atoms with Gasteiger partial charge in [0.25, 0.3) is 5.91 Å². The molecule has 0 unspecified atom stereocenters. The lowest BCUT2D eigenvalue weighted by Gasteiger charge is -2.11. The second-order valence-electron chi connectivity index (χ2n) is 5.12. The molecule has 0 atom stereocenters. The summed E-state index contributed by atoms with van der Waals surface area (Å²) in [5.41, 5.74) is 1.13. The zero-order valence-corrected chi connectivity index (χ0v) is 13.9. The van der Waals surface area contributed by atoms with E-state index >= 15 is 0 Å². The number of amides is 1. The monoisotopic (exact) mass is 345 g/mol. The average molecular weight is 345 g/mol. The zero-order chi connectivity index (χ0) is 18.2. The first-order valence-corrected chi connectivity index (χ1v) is 7.47. The van der Waals surface area contributed by atoms with Gasteiger partial charge in [-0.2, -0.15) is 0 Å². The fourth-order valence-electron chi connectivity index (χ4n) is 2.07. The van der Waals surface area contributed by atoms with Crippen LogP contribution in [0.4, 0.5) is 5.69 Å². The smallest absolute Gasteiger partial charge is 0.310 e. The molecule has 2 rings (SSSR count). The Balaban J connectivity index is 1.86. The number of hydrogen-bond acceptors (Lipinski definition) is 6. The molecule has 0 aromatic heterocycles. The summed E-state index contributed by atoms with van der Waals surface area (Å²) in [5, 5.41) is 11.8. The SMILES string of the molecule is COc1ccc(NC(=O)COC(=O)Cc2ccc(O)cc2)c(OC)c1. The molecule has 0 aliphatic rings. The van der Waals surface area contributed by atoms with Crippen LogP contribution in [0.25, 0.3) is 0 Å². The van der Waals surface area contributed by atoms with Crippen LogP contribution in [0, 0.1) is 0 Å². The first-order valence-electron chi connectivity index (χ1n) is 7.47. The second-order valence-corrected chi connectivity index (χ2v) is 5.12. The zero-order valence-electron chi connectivity index (χ0n) is 13.9. The molecule has 0 bridgehead atoms. The minimum atomic E-state index is -0.539. The van der Waals surface area contributed by atoms with Crippen molar-refractivity contribution in [3.8, 4) is 17.2 Å². The Hall–Kier alpha value is -3.22. The van der Waals surface area contributed by atoms with E-state index in [1.165, 1.54) is 26.4 Å². The van der Waals surface area contributed by atoms with Crippen LogP contribution in [0.1, 0.15) is 5.56 Å². The largest absolute Gasteiger partial charge is 0.508 e. The Morgan fingerprint density at radius 1 is 1.04 bits per heavy atom. The third-order valence-corrected chi connectivity index (χ3v) is 3.33. The Bertz CT molecular complexity index is 742. The number of phenolic OH excluding ortho intramolecular Hbond substituents is 1. The third-order valence-electron chi connectivity index (χ3n) is 3.33. The van der Waals surface area contributed by atoms with Gasteiger partial charge in [0.2, 0.25) is 0 Å². The van der Waals surface area contributed by atoms with Crippen LogP contribution in [0.15, 0.2) is 42.5 Å². The van der Waals surface area contributed by atoms with E-state index in [4.69, 9.17) is 14.2 Å². The number of phenols is 1. The van der Waals surface area contributed by atoms with Gasteiger partial charge in [-0.1, -0.05) is 12.1 Å². The molecule has 2 N–H and O–H groups in total. The quantitative estimate of drug-likeness (QED) is 0.747. The lowest BCUT2D eigenvalue weighted by Crippen LogP contribution is -2.21. The lowest BCUT2D eigenvalue weighted by molar-refractivity contribution is -0.146. The molecule has 1 amide bonds. The summed E-state index contributed by atoms with van der Waals surface area (Å²) < 4.78 is 15.2. The first-order chi connectivity index (χ1) is 12.0. The summed E-state index contributed by atoms with van der Waals surface area (Å²) >= 11 is 0. The molecular weight excluding hydrogens is 326 g/mol. The normalized spacial score (nSPS) is 10.0. The van der Waals surface area contributed by atoms with E-state index in [0.717, 1.165) is 0 Å². The van der Waals surface area contributed by atoms with E-state index in [0.29, 0.717) is 22.7 Å². The van der Waals surface area contributed by atoms with Crippen LogP contribution in [-0.4, -0.2) is 37.8 Å². The van der Waals surface area contributed by atoms with Crippen molar-refractivity contribution < 1.29 is 28.9 Å². The van der Waals surface area contributed by atoms with Crippen LogP contribution in [0.2, 0.25) is 0 Å². The van der Waals surface area contributed by atoms with E-state index in [1.807, 2.05) is 0 Å². The minimum absolute atomic E-state index is 0.0133. The van der Waals surface area contributed by atoms with Crippen LogP contribution in [0.5, 0.6) is 17.2 Å². The number of carbonyl (C=O) groups excluding carboxylic acids is 2.